The van der Waals surface area contributed by atoms with Gasteiger partial charge in [0.25, 0.3) is 0 Å². The van der Waals surface area contributed by atoms with Gasteiger partial charge in [0, 0.05) is 17.1 Å². The number of carbonyl (C=O) groups excluding carboxylic acids is 1. The van der Waals surface area contributed by atoms with E-state index in [-0.39, 0.29) is 11.7 Å². The van der Waals surface area contributed by atoms with E-state index in [0.717, 1.165) is 13.1 Å². The highest BCUT2D eigenvalue weighted by molar-refractivity contribution is 7.09. The quantitative estimate of drug-likeness (QED) is 0.885. The molecule has 0 fully saturated rings. The Hall–Kier alpha value is -1.72. The fourth-order valence-corrected chi connectivity index (χ4v) is 2.59. The Bertz CT molecular complexity index is 540. The molecule has 0 radical (unpaired) electrons. The van der Waals surface area contributed by atoms with Gasteiger partial charge in [0.1, 0.15) is 5.82 Å². The van der Waals surface area contributed by atoms with E-state index in [0.29, 0.717) is 12.2 Å². The molecule has 2 aromatic rings. The van der Waals surface area contributed by atoms with Gasteiger partial charge in [-0.2, -0.15) is 0 Å². The molecule has 1 amide bonds. The molecule has 0 bridgehead atoms. The summed E-state index contributed by atoms with van der Waals surface area (Å²) in [6, 6.07) is 9.85. The van der Waals surface area contributed by atoms with Crippen LogP contribution in [0, 0.1) is 5.82 Å². The molecule has 2 rings (SSSR count). The van der Waals surface area contributed by atoms with Crippen molar-refractivity contribution in [3.63, 3.8) is 0 Å². The summed E-state index contributed by atoms with van der Waals surface area (Å²) in [6.07, 6.45) is 0. The lowest BCUT2D eigenvalue weighted by atomic mass is 10.3. The first-order valence-corrected chi connectivity index (χ1v) is 7.35. The molecule has 0 aliphatic rings. The zero-order valence-corrected chi connectivity index (χ0v) is 12.1. The van der Waals surface area contributed by atoms with Gasteiger partial charge in [-0.25, -0.2) is 4.39 Å². The van der Waals surface area contributed by atoms with Gasteiger partial charge >= 0.3 is 0 Å². The number of amides is 1. The first-order chi connectivity index (χ1) is 9.67. The lowest BCUT2D eigenvalue weighted by Crippen LogP contribution is -2.32. The number of rotatable bonds is 6. The van der Waals surface area contributed by atoms with Gasteiger partial charge in [-0.15, -0.1) is 11.3 Å². The summed E-state index contributed by atoms with van der Waals surface area (Å²) in [5, 5.41) is 4.80. The van der Waals surface area contributed by atoms with Crippen molar-refractivity contribution in [2.75, 3.05) is 18.4 Å². The molecule has 1 aromatic heterocycles. The maximum absolute atomic E-state index is 12.8. The van der Waals surface area contributed by atoms with E-state index in [2.05, 4.69) is 16.3 Å². The molecule has 0 unspecified atom stereocenters. The minimum Gasteiger partial charge on any atom is -0.325 e. The smallest absolute Gasteiger partial charge is 0.238 e. The third-order valence-corrected chi connectivity index (χ3v) is 3.76. The van der Waals surface area contributed by atoms with Crippen LogP contribution < -0.4 is 5.32 Å². The fraction of sp³-hybridized carbons (Fsp3) is 0.267. The van der Waals surface area contributed by atoms with Crippen LogP contribution in [0.25, 0.3) is 0 Å². The number of anilines is 1. The number of thiophene rings is 1. The number of hydrogen-bond donors (Lipinski definition) is 1. The van der Waals surface area contributed by atoms with E-state index in [4.69, 9.17) is 0 Å². The van der Waals surface area contributed by atoms with Crippen LogP contribution >= 0.6 is 11.3 Å². The summed E-state index contributed by atoms with van der Waals surface area (Å²) < 4.78 is 12.8. The Kier molecular flexibility index (Phi) is 5.26. The molecule has 20 heavy (non-hydrogen) atoms. The first-order valence-electron chi connectivity index (χ1n) is 6.47. The summed E-state index contributed by atoms with van der Waals surface area (Å²) in [7, 11) is 0. The predicted molar refractivity (Wildman–Crippen MR) is 80.3 cm³/mol. The number of hydrogen-bond acceptors (Lipinski definition) is 3. The number of benzene rings is 1. The van der Waals surface area contributed by atoms with Crippen LogP contribution in [-0.2, 0) is 11.3 Å². The second-order valence-electron chi connectivity index (χ2n) is 4.44. The van der Waals surface area contributed by atoms with Crippen molar-refractivity contribution in [2.24, 2.45) is 0 Å². The summed E-state index contributed by atoms with van der Waals surface area (Å²) in [4.78, 5) is 15.2. The van der Waals surface area contributed by atoms with Gasteiger partial charge in [0.2, 0.25) is 5.91 Å². The predicted octanol–water partition coefficient (Wildman–Crippen LogP) is 3.35. The number of likely N-dealkylation sites (N-methyl/N-ethyl adjacent to an activating group) is 1. The Labute approximate surface area is 122 Å². The maximum atomic E-state index is 12.8. The fourth-order valence-electron chi connectivity index (χ4n) is 1.84. The molecular formula is C15H17FN2OS. The highest BCUT2D eigenvalue weighted by Crippen LogP contribution is 2.12. The maximum Gasteiger partial charge on any atom is 0.238 e. The van der Waals surface area contributed by atoms with Crippen molar-refractivity contribution < 1.29 is 9.18 Å². The van der Waals surface area contributed by atoms with Crippen LogP contribution in [0.3, 0.4) is 0 Å². The minimum absolute atomic E-state index is 0.0879. The molecular weight excluding hydrogens is 275 g/mol. The molecule has 0 saturated heterocycles. The standard InChI is InChI=1S/C15H17FN2OS/c1-2-18(10-14-4-3-9-20-14)11-15(19)17-13-7-5-12(16)6-8-13/h3-9H,2,10-11H2,1H3,(H,17,19). The zero-order chi connectivity index (χ0) is 14.4. The molecule has 0 atom stereocenters. The zero-order valence-electron chi connectivity index (χ0n) is 11.3. The molecule has 0 aliphatic heterocycles. The van der Waals surface area contributed by atoms with Crippen LogP contribution in [-0.4, -0.2) is 23.9 Å². The Balaban J connectivity index is 1.87. The third kappa shape index (κ3) is 4.43. The van der Waals surface area contributed by atoms with E-state index in [1.807, 2.05) is 18.4 Å². The van der Waals surface area contributed by atoms with Crippen LogP contribution in [0.1, 0.15) is 11.8 Å². The van der Waals surface area contributed by atoms with E-state index in [1.54, 1.807) is 23.5 Å². The van der Waals surface area contributed by atoms with Crippen LogP contribution in [0.15, 0.2) is 41.8 Å². The van der Waals surface area contributed by atoms with Crippen LogP contribution in [0.5, 0.6) is 0 Å². The second kappa shape index (κ2) is 7.17. The third-order valence-electron chi connectivity index (χ3n) is 2.90. The Morgan fingerprint density at radius 3 is 2.65 bits per heavy atom. The molecule has 5 heteroatoms. The van der Waals surface area contributed by atoms with Crippen molar-refractivity contribution in [1.29, 1.82) is 0 Å². The van der Waals surface area contributed by atoms with Crippen molar-refractivity contribution in [3.05, 3.63) is 52.5 Å². The average Bonchev–Trinajstić information content (AvgIpc) is 2.93. The van der Waals surface area contributed by atoms with Gasteiger partial charge in [-0.1, -0.05) is 13.0 Å². The summed E-state index contributed by atoms with van der Waals surface area (Å²) in [6.45, 7) is 3.92. The molecule has 1 heterocycles. The number of nitrogens with zero attached hydrogens (tertiary/aromatic N) is 1. The highest BCUT2D eigenvalue weighted by Gasteiger charge is 2.10. The van der Waals surface area contributed by atoms with E-state index in [9.17, 15) is 9.18 Å². The Morgan fingerprint density at radius 2 is 2.05 bits per heavy atom. The number of halogens is 1. The molecule has 1 aromatic carbocycles. The summed E-state index contributed by atoms with van der Waals surface area (Å²) in [5.74, 6) is -0.397. The number of nitrogens with one attached hydrogen (secondary N) is 1. The van der Waals surface area contributed by atoms with Gasteiger partial charge in [0.05, 0.1) is 6.54 Å². The van der Waals surface area contributed by atoms with Gasteiger partial charge in [-0.3, -0.25) is 9.69 Å². The summed E-state index contributed by atoms with van der Waals surface area (Å²) in [5.41, 5.74) is 0.614. The van der Waals surface area contributed by atoms with Crippen LogP contribution in [0.4, 0.5) is 10.1 Å². The SMILES string of the molecule is CCN(CC(=O)Nc1ccc(F)cc1)Cc1cccs1. The monoisotopic (exact) mass is 292 g/mol. The number of carbonyl (C=O) groups is 1. The highest BCUT2D eigenvalue weighted by atomic mass is 32.1. The lowest BCUT2D eigenvalue weighted by Gasteiger charge is -2.19. The molecule has 3 nitrogen and oxygen atoms in total. The largest absolute Gasteiger partial charge is 0.325 e. The van der Waals surface area contributed by atoms with Gasteiger partial charge in [0.15, 0.2) is 0 Å². The lowest BCUT2D eigenvalue weighted by molar-refractivity contribution is -0.117. The Morgan fingerprint density at radius 1 is 1.30 bits per heavy atom. The molecule has 106 valence electrons. The first kappa shape index (κ1) is 14.7. The van der Waals surface area contributed by atoms with Crippen molar-refractivity contribution in [3.8, 4) is 0 Å². The molecule has 0 aliphatic carbocycles. The van der Waals surface area contributed by atoms with Gasteiger partial charge < -0.3 is 5.32 Å². The average molecular weight is 292 g/mol. The molecule has 0 saturated carbocycles. The van der Waals surface area contributed by atoms with Crippen molar-refractivity contribution >= 4 is 22.9 Å². The van der Waals surface area contributed by atoms with E-state index in [1.165, 1.54) is 17.0 Å². The molecule has 0 spiro atoms. The topological polar surface area (TPSA) is 32.3 Å². The van der Waals surface area contributed by atoms with E-state index >= 15 is 0 Å². The van der Waals surface area contributed by atoms with E-state index < -0.39 is 0 Å². The van der Waals surface area contributed by atoms with Gasteiger partial charge in [-0.05, 0) is 42.3 Å². The second-order valence-corrected chi connectivity index (χ2v) is 5.47. The normalized spacial score (nSPS) is 10.8. The summed E-state index contributed by atoms with van der Waals surface area (Å²) >= 11 is 1.68. The van der Waals surface area contributed by atoms with Crippen LogP contribution in [0.2, 0.25) is 0 Å². The minimum atomic E-state index is -0.309. The van der Waals surface area contributed by atoms with Crippen molar-refractivity contribution in [2.45, 2.75) is 13.5 Å². The van der Waals surface area contributed by atoms with Crippen molar-refractivity contribution in [1.82, 2.24) is 4.90 Å². The molecule has 1 N–H and O–H groups in total.